The topological polar surface area (TPSA) is 35.5 Å². The smallest absolute Gasteiger partial charge is 0.338 e. The van der Waals surface area contributed by atoms with E-state index in [1.54, 1.807) is 0 Å². The van der Waals surface area contributed by atoms with Gasteiger partial charge in [-0.1, -0.05) is 56.2 Å². The van der Waals surface area contributed by atoms with E-state index in [0.717, 1.165) is 11.1 Å². The monoisotopic (exact) mass is 340 g/mol. The highest BCUT2D eigenvalue weighted by Gasteiger charge is 2.40. The Bertz CT molecular complexity index is 653. The normalized spacial score (nSPS) is 24.8. The van der Waals surface area contributed by atoms with Crippen molar-refractivity contribution in [1.29, 1.82) is 0 Å². The van der Waals surface area contributed by atoms with Gasteiger partial charge < -0.3 is 9.47 Å². The van der Waals surface area contributed by atoms with Crippen molar-refractivity contribution in [1.82, 2.24) is 0 Å². The molecule has 25 heavy (non-hydrogen) atoms. The number of esters is 1. The van der Waals surface area contributed by atoms with Crippen LogP contribution in [0.2, 0.25) is 0 Å². The number of hydrogen-bond acceptors (Lipinski definition) is 3. The van der Waals surface area contributed by atoms with Crippen LogP contribution in [0.1, 0.15) is 57.4 Å². The molecule has 3 heteroatoms. The minimum absolute atomic E-state index is 0.0105. The summed E-state index contributed by atoms with van der Waals surface area (Å²) >= 11 is 0. The van der Waals surface area contributed by atoms with Gasteiger partial charge in [0.15, 0.2) is 0 Å². The van der Waals surface area contributed by atoms with Gasteiger partial charge >= 0.3 is 5.97 Å². The summed E-state index contributed by atoms with van der Waals surface area (Å²) in [5.74, 6) is 0.736. The van der Waals surface area contributed by atoms with E-state index in [-0.39, 0.29) is 18.0 Å². The third-order valence-electron chi connectivity index (χ3n) is 5.41. The summed E-state index contributed by atoms with van der Waals surface area (Å²) in [4.78, 5) is 12.6. The zero-order chi connectivity index (χ0) is 17.8. The van der Waals surface area contributed by atoms with Crippen molar-refractivity contribution in [3.63, 3.8) is 0 Å². The lowest BCUT2D eigenvalue weighted by molar-refractivity contribution is -0.139. The minimum Gasteiger partial charge on any atom is -0.490 e. The molecule has 1 heterocycles. The molecule has 0 radical (unpaired) electrons. The van der Waals surface area contributed by atoms with Crippen molar-refractivity contribution >= 4 is 5.97 Å². The Kier molecular flexibility index (Phi) is 5.62. The lowest BCUT2D eigenvalue weighted by Crippen LogP contribution is -2.36. The predicted molar refractivity (Wildman–Crippen MR) is 99.1 cm³/mol. The first kappa shape index (κ1) is 17.8. The SMILES string of the molecule is C=C1C(c2ccccc2)C(C(=O)OCC)=C(C)OC1C1CCCCC1. The molecule has 1 aromatic rings. The highest BCUT2D eigenvalue weighted by molar-refractivity contribution is 5.92. The first-order chi connectivity index (χ1) is 12.1. The molecule has 0 N–H and O–H groups in total. The van der Waals surface area contributed by atoms with Crippen molar-refractivity contribution in [3.8, 4) is 0 Å². The van der Waals surface area contributed by atoms with Gasteiger partial charge in [-0.15, -0.1) is 0 Å². The standard InChI is InChI=1S/C22H28O3/c1-4-24-22(23)20-16(3)25-21(18-13-9-6-10-14-18)15(2)19(20)17-11-7-5-8-12-17/h5,7-8,11-12,18-19,21H,2,4,6,9-10,13-14H2,1,3H3. The molecule has 0 spiro atoms. The van der Waals surface area contributed by atoms with Crippen molar-refractivity contribution in [3.05, 3.63) is 59.4 Å². The first-order valence-electron chi connectivity index (χ1n) is 9.41. The Morgan fingerprint density at radius 3 is 2.52 bits per heavy atom. The van der Waals surface area contributed by atoms with E-state index in [2.05, 4.69) is 18.7 Å². The van der Waals surface area contributed by atoms with E-state index in [1.165, 1.54) is 32.1 Å². The van der Waals surface area contributed by atoms with Crippen LogP contribution < -0.4 is 0 Å². The lowest BCUT2D eigenvalue weighted by Gasteiger charge is -2.40. The van der Waals surface area contributed by atoms with Crippen LogP contribution >= 0.6 is 0 Å². The number of rotatable bonds is 4. The van der Waals surface area contributed by atoms with Crippen LogP contribution in [0.15, 0.2) is 53.8 Å². The molecule has 1 saturated carbocycles. The van der Waals surface area contributed by atoms with Crippen molar-refractivity contribution in [2.45, 2.75) is 58.0 Å². The van der Waals surface area contributed by atoms with Gasteiger partial charge in [0, 0.05) is 5.92 Å². The second-order valence-corrected chi connectivity index (χ2v) is 7.05. The Morgan fingerprint density at radius 1 is 1.20 bits per heavy atom. The fraction of sp³-hybridized carbons (Fsp3) is 0.500. The second kappa shape index (κ2) is 7.90. The Hall–Kier alpha value is -2.03. The molecule has 2 unspecified atom stereocenters. The maximum Gasteiger partial charge on any atom is 0.338 e. The molecule has 0 saturated heterocycles. The number of carbonyl (C=O) groups is 1. The van der Waals surface area contributed by atoms with Gasteiger partial charge in [-0.3, -0.25) is 0 Å². The Balaban J connectivity index is 2.00. The predicted octanol–water partition coefficient (Wildman–Crippen LogP) is 5.14. The molecule has 3 rings (SSSR count). The molecule has 3 nitrogen and oxygen atoms in total. The number of carbonyl (C=O) groups excluding carboxylic acids is 1. The minimum atomic E-state index is -0.294. The summed E-state index contributed by atoms with van der Waals surface area (Å²) in [6.45, 7) is 8.47. The molecular formula is C22H28O3. The van der Waals surface area contributed by atoms with Crippen LogP contribution in [0.5, 0.6) is 0 Å². The summed E-state index contributed by atoms with van der Waals surface area (Å²) in [5, 5.41) is 0. The van der Waals surface area contributed by atoms with Crippen LogP contribution in [-0.2, 0) is 14.3 Å². The molecule has 0 amide bonds. The maximum atomic E-state index is 12.6. The quantitative estimate of drug-likeness (QED) is 0.562. The van der Waals surface area contributed by atoms with Crippen LogP contribution in [0.4, 0.5) is 0 Å². The average molecular weight is 340 g/mol. The highest BCUT2D eigenvalue weighted by atomic mass is 16.5. The van der Waals surface area contributed by atoms with Gasteiger partial charge in [-0.25, -0.2) is 4.79 Å². The van der Waals surface area contributed by atoms with Crippen LogP contribution in [0.25, 0.3) is 0 Å². The first-order valence-corrected chi connectivity index (χ1v) is 9.41. The van der Waals surface area contributed by atoms with Gasteiger partial charge in [0.25, 0.3) is 0 Å². The molecule has 134 valence electrons. The van der Waals surface area contributed by atoms with Gasteiger partial charge in [0.05, 0.1) is 12.2 Å². The second-order valence-electron chi connectivity index (χ2n) is 7.05. The fourth-order valence-electron chi connectivity index (χ4n) is 4.22. The number of benzene rings is 1. The molecule has 1 aliphatic heterocycles. The van der Waals surface area contributed by atoms with Crippen LogP contribution in [0, 0.1) is 5.92 Å². The van der Waals surface area contributed by atoms with Gasteiger partial charge in [0.2, 0.25) is 0 Å². The molecule has 1 fully saturated rings. The summed E-state index contributed by atoms with van der Waals surface area (Å²) < 4.78 is 11.6. The Morgan fingerprint density at radius 2 is 1.88 bits per heavy atom. The molecule has 1 aliphatic carbocycles. The molecule has 2 aliphatic rings. The third kappa shape index (κ3) is 3.65. The van der Waals surface area contributed by atoms with E-state index in [1.807, 2.05) is 32.0 Å². The van der Waals surface area contributed by atoms with E-state index in [9.17, 15) is 4.79 Å². The fourth-order valence-corrected chi connectivity index (χ4v) is 4.22. The molecule has 0 bridgehead atoms. The van der Waals surface area contributed by atoms with E-state index in [0.29, 0.717) is 23.9 Å². The Labute approximate surface area is 150 Å². The van der Waals surface area contributed by atoms with Crippen LogP contribution in [-0.4, -0.2) is 18.7 Å². The van der Waals surface area contributed by atoms with E-state index >= 15 is 0 Å². The largest absolute Gasteiger partial charge is 0.490 e. The van der Waals surface area contributed by atoms with E-state index in [4.69, 9.17) is 9.47 Å². The zero-order valence-electron chi connectivity index (χ0n) is 15.3. The zero-order valence-corrected chi connectivity index (χ0v) is 15.3. The van der Waals surface area contributed by atoms with Gasteiger partial charge in [0.1, 0.15) is 11.9 Å². The van der Waals surface area contributed by atoms with E-state index < -0.39 is 0 Å². The summed E-state index contributed by atoms with van der Waals surface area (Å²) in [6.07, 6.45) is 6.15. The molecule has 0 aromatic heterocycles. The third-order valence-corrected chi connectivity index (χ3v) is 5.41. The van der Waals surface area contributed by atoms with Gasteiger partial charge in [-0.05, 0) is 43.7 Å². The lowest BCUT2D eigenvalue weighted by atomic mass is 9.74. The van der Waals surface area contributed by atoms with Gasteiger partial charge in [-0.2, -0.15) is 0 Å². The maximum absolute atomic E-state index is 12.6. The highest BCUT2D eigenvalue weighted by Crippen LogP contribution is 2.45. The number of allylic oxidation sites excluding steroid dienone is 1. The average Bonchev–Trinajstić information content (AvgIpc) is 2.64. The number of hydrogen-bond donors (Lipinski definition) is 0. The molecule has 2 atom stereocenters. The number of ether oxygens (including phenoxy) is 2. The summed E-state index contributed by atoms with van der Waals surface area (Å²) in [7, 11) is 0. The summed E-state index contributed by atoms with van der Waals surface area (Å²) in [5.41, 5.74) is 2.68. The van der Waals surface area contributed by atoms with Crippen molar-refractivity contribution < 1.29 is 14.3 Å². The van der Waals surface area contributed by atoms with Crippen LogP contribution in [0.3, 0.4) is 0 Å². The summed E-state index contributed by atoms with van der Waals surface area (Å²) in [6, 6.07) is 10.1. The van der Waals surface area contributed by atoms with Crippen molar-refractivity contribution in [2.75, 3.05) is 6.61 Å². The van der Waals surface area contributed by atoms with Crippen molar-refractivity contribution in [2.24, 2.45) is 5.92 Å². The molecule has 1 aromatic carbocycles. The molecular weight excluding hydrogens is 312 g/mol.